The van der Waals surface area contributed by atoms with Gasteiger partial charge in [-0.25, -0.2) is 18.7 Å². The second kappa shape index (κ2) is 12.1. The molecule has 2 aromatic rings. The maximum atomic E-state index is 14.8. The van der Waals surface area contributed by atoms with Gasteiger partial charge in [-0.2, -0.15) is 0 Å². The van der Waals surface area contributed by atoms with E-state index in [1.807, 2.05) is 28.1 Å². The van der Waals surface area contributed by atoms with Crippen LogP contribution in [0.5, 0.6) is 0 Å². The topological polar surface area (TPSA) is 125 Å². The Morgan fingerprint density at radius 1 is 1.23 bits per heavy atom. The van der Waals surface area contributed by atoms with Crippen molar-refractivity contribution in [1.29, 1.82) is 0 Å². The molecule has 9 nitrogen and oxygen atoms in total. The summed E-state index contributed by atoms with van der Waals surface area (Å²) < 4.78 is 44.1. The Morgan fingerprint density at radius 3 is 2.68 bits per heavy atom. The number of oxime groups is 2. The van der Waals surface area contributed by atoms with Gasteiger partial charge in [0.25, 0.3) is 5.91 Å². The van der Waals surface area contributed by atoms with Crippen molar-refractivity contribution >= 4 is 52.3 Å². The lowest BCUT2D eigenvalue weighted by Crippen LogP contribution is -2.26. The number of carbonyl (C=O) groups excluding carboxylic acids is 1. The largest absolute Gasteiger partial charge is 0.411 e. The van der Waals surface area contributed by atoms with Crippen LogP contribution >= 0.6 is 22.6 Å². The minimum atomic E-state index is -1.48. The minimum Gasteiger partial charge on any atom is -0.411 e. The van der Waals surface area contributed by atoms with Crippen molar-refractivity contribution in [3.63, 3.8) is 0 Å². The Balaban J connectivity index is 2.46. The van der Waals surface area contributed by atoms with Gasteiger partial charge in [-0.3, -0.25) is 9.63 Å². The minimum absolute atomic E-state index is 0.181. The van der Waals surface area contributed by atoms with E-state index in [9.17, 15) is 18.0 Å². The third-order valence-electron chi connectivity index (χ3n) is 3.52. The molecule has 4 N–H and O–H groups in total. The summed E-state index contributed by atoms with van der Waals surface area (Å²) in [5, 5.41) is 25.4. The van der Waals surface area contributed by atoms with Gasteiger partial charge in [-0.05, 0) is 46.9 Å². The van der Waals surface area contributed by atoms with Crippen LogP contribution in [-0.4, -0.2) is 48.5 Å². The van der Waals surface area contributed by atoms with Crippen LogP contribution in [0.15, 0.2) is 34.6 Å². The number of amides is 1. The van der Waals surface area contributed by atoms with Gasteiger partial charge in [0.1, 0.15) is 19.0 Å². The number of aliphatic hydroxyl groups excluding tert-OH is 1. The molecule has 0 aliphatic carbocycles. The normalized spacial score (nSPS) is 11.3. The molecule has 0 saturated carbocycles. The molecule has 0 saturated heterocycles. The molecule has 0 spiro atoms. The van der Waals surface area contributed by atoms with E-state index < -0.39 is 40.2 Å². The summed E-state index contributed by atoms with van der Waals surface area (Å²) in [6.07, 6.45) is 1.72. The lowest BCUT2D eigenvalue weighted by molar-refractivity contribution is 0.0458. The summed E-state index contributed by atoms with van der Waals surface area (Å²) in [7, 11) is 0. The van der Waals surface area contributed by atoms with E-state index in [1.165, 1.54) is 12.1 Å². The van der Waals surface area contributed by atoms with Crippen molar-refractivity contribution < 1.29 is 38.0 Å². The molecule has 2 aromatic carbocycles. The second-order valence-corrected chi connectivity index (χ2v) is 6.84. The number of benzene rings is 2. The number of anilines is 2. The molecule has 0 radical (unpaired) electrons. The first-order valence-corrected chi connectivity index (χ1v) is 9.55. The van der Waals surface area contributed by atoms with Crippen LogP contribution in [0.25, 0.3) is 0 Å². The fourth-order valence-electron chi connectivity index (χ4n) is 2.19. The summed E-state index contributed by atoms with van der Waals surface area (Å²) in [6, 6.07) is 4.92. The van der Waals surface area contributed by atoms with Gasteiger partial charge in [0, 0.05) is 9.13 Å². The number of aliphatic hydroxyl groups is 1. The smallest absolute Gasteiger partial charge is 0.277 e. The van der Waals surface area contributed by atoms with Gasteiger partial charge in [-0.15, -0.1) is 0 Å². The average molecular weight is 552 g/mol. The van der Waals surface area contributed by atoms with Crippen LogP contribution in [0.1, 0.15) is 15.9 Å². The van der Waals surface area contributed by atoms with Gasteiger partial charge < -0.3 is 20.5 Å². The van der Waals surface area contributed by atoms with E-state index in [0.717, 1.165) is 24.6 Å². The highest BCUT2D eigenvalue weighted by molar-refractivity contribution is 14.1. The maximum absolute atomic E-state index is 14.8. The highest BCUT2D eigenvalue weighted by Gasteiger charge is 2.23. The number of hydroxylamine groups is 1. The Kier molecular flexibility index (Phi) is 9.48. The molecular formula is C18H16F3IN4O5. The SMILES string of the molecule is O=C(NOCC=NO)c1cc(C=NOCCO)c(F)c(F)c1Nc1ccc(I)cc1F. The van der Waals surface area contributed by atoms with E-state index in [-0.39, 0.29) is 25.5 Å². The molecule has 1 amide bonds. The third-order valence-corrected chi connectivity index (χ3v) is 4.19. The van der Waals surface area contributed by atoms with Crippen LogP contribution < -0.4 is 10.8 Å². The van der Waals surface area contributed by atoms with Crippen LogP contribution in [0.3, 0.4) is 0 Å². The summed E-state index contributed by atoms with van der Waals surface area (Å²) in [4.78, 5) is 21.8. The predicted octanol–water partition coefficient (Wildman–Crippen LogP) is 2.92. The molecule has 0 heterocycles. The zero-order chi connectivity index (χ0) is 22.8. The molecule has 2 rings (SSSR count). The molecule has 166 valence electrons. The summed E-state index contributed by atoms with van der Waals surface area (Å²) in [5.41, 5.74) is 0.214. The lowest BCUT2D eigenvalue weighted by Gasteiger charge is -2.15. The van der Waals surface area contributed by atoms with E-state index in [2.05, 4.69) is 20.5 Å². The summed E-state index contributed by atoms with van der Waals surface area (Å²) in [6.45, 7) is -0.843. The van der Waals surface area contributed by atoms with Crippen molar-refractivity contribution in [2.45, 2.75) is 0 Å². The van der Waals surface area contributed by atoms with Crippen molar-refractivity contribution in [2.24, 2.45) is 10.3 Å². The number of rotatable bonds is 10. The molecular weight excluding hydrogens is 536 g/mol. The Bertz CT molecular complexity index is 991. The van der Waals surface area contributed by atoms with E-state index >= 15 is 0 Å². The fourth-order valence-corrected chi connectivity index (χ4v) is 2.64. The number of nitrogens with zero attached hydrogens (tertiary/aromatic N) is 2. The van der Waals surface area contributed by atoms with Crippen molar-refractivity contribution in [2.75, 3.05) is 25.1 Å². The first kappa shape index (κ1) is 24.4. The summed E-state index contributed by atoms with van der Waals surface area (Å²) in [5.74, 6) is -4.62. The van der Waals surface area contributed by atoms with Crippen LogP contribution in [0, 0.1) is 21.0 Å². The van der Waals surface area contributed by atoms with E-state index in [0.29, 0.717) is 3.57 Å². The van der Waals surface area contributed by atoms with Gasteiger partial charge in [0.2, 0.25) is 0 Å². The van der Waals surface area contributed by atoms with Crippen LogP contribution in [0.2, 0.25) is 0 Å². The molecule has 0 aliphatic rings. The first-order chi connectivity index (χ1) is 14.9. The zero-order valence-corrected chi connectivity index (χ0v) is 17.8. The number of nitrogens with one attached hydrogen (secondary N) is 2. The molecule has 31 heavy (non-hydrogen) atoms. The first-order valence-electron chi connectivity index (χ1n) is 8.47. The molecule has 0 aromatic heterocycles. The van der Waals surface area contributed by atoms with Gasteiger partial charge >= 0.3 is 0 Å². The van der Waals surface area contributed by atoms with Gasteiger partial charge in [0.05, 0.1) is 36.0 Å². The molecule has 0 atom stereocenters. The van der Waals surface area contributed by atoms with Crippen molar-refractivity contribution in [1.82, 2.24) is 5.48 Å². The predicted molar refractivity (Wildman–Crippen MR) is 113 cm³/mol. The van der Waals surface area contributed by atoms with Crippen molar-refractivity contribution in [3.8, 4) is 0 Å². The number of hydrogen-bond acceptors (Lipinski definition) is 8. The molecule has 0 fully saturated rings. The fraction of sp³-hybridized carbons (Fsp3) is 0.167. The Morgan fingerprint density at radius 2 is 2.00 bits per heavy atom. The standard InChI is InChI=1S/C18H16F3IN4O5/c19-13-8-11(22)1-2-14(13)25-17-12(18(28)26-31-5-3-23-29)7-10(15(20)16(17)21)9-24-30-6-4-27/h1-3,7-9,25,27,29H,4-6H2,(H,26,28). The highest BCUT2D eigenvalue weighted by atomic mass is 127. The van der Waals surface area contributed by atoms with E-state index in [4.69, 9.17) is 15.2 Å². The van der Waals surface area contributed by atoms with Crippen LogP contribution in [0.4, 0.5) is 24.5 Å². The molecule has 0 bridgehead atoms. The number of halogens is 4. The molecule has 0 unspecified atom stereocenters. The number of carbonyl (C=O) groups is 1. The lowest BCUT2D eigenvalue weighted by atomic mass is 10.1. The molecule has 13 heteroatoms. The number of hydrogen-bond donors (Lipinski definition) is 4. The average Bonchev–Trinajstić information content (AvgIpc) is 2.74. The summed E-state index contributed by atoms with van der Waals surface area (Å²) >= 11 is 1.87. The van der Waals surface area contributed by atoms with Gasteiger partial charge in [-0.1, -0.05) is 10.3 Å². The monoisotopic (exact) mass is 552 g/mol. The Labute approximate surface area is 187 Å². The quantitative estimate of drug-likeness (QED) is 0.118. The second-order valence-electron chi connectivity index (χ2n) is 5.60. The van der Waals surface area contributed by atoms with Crippen LogP contribution in [-0.2, 0) is 9.68 Å². The third kappa shape index (κ3) is 6.80. The van der Waals surface area contributed by atoms with Gasteiger partial charge in [0.15, 0.2) is 11.6 Å². The molecule has 0 aliphatic heterocycles. The van der Waals surface area contributed by atoms with Crippen molar-refractivity contribution in [3.05, 3.63) is 56.4 Å². The highest BCUT2D eigenvalue weighted by Crippen LogP contribution is 2.30. The zero-order valence-electron chi connectivity index (χ0n) is 15.6. The Hall–Kier alpha value is -2.91. The maximum Gasteiger partial charge on any atom is 0.277 e. The van der Waals surface area contributed by atoms with E-state index in [1.54, 1.807) is 0 Å².